The van der Waals surface area contributed by atoms with Gasteiger partial charge in [0.05, 0.1) is 6.04 Å². The number of alkyl halides is 1. The maximum absolute atomic E-state index is 12.8. The number of likely N-dealkylation sites (tertiary alicyclic amines) is 1. The highest BCUT2D eigenvalue weighted by Crippen LogP contribution is 2.26. The van der Waals surface area contributed by atoms with Crippen molar-refractivity contribution in [2.45, 2.75) is 89.7 Å². The Kier molecular flexibility index (Phi) is 7.63. The number of ether oxygens (including phenoxy) is 1. The molecule has 2 unspecified atom stereocenters. The summed E-state index contributed by atoms with van der Waals surface area (Å²) in [5, 5.41) is 3.46. The molecule has 0 aromatic rings. The first-order valence-electron chi connectivity index (χ1n) is 10.1. The van der Waals surface area contributed by atoms with Crippen LogP contribution >= 0.6 is 11.6 Å². The molecule has 1 saturated carbocycles. The fraction of sp³-hybridized carbons (Fsp3) is 0.900. The Bertz CT molecular complexity index is 492. The Morgan fingerprint density at radius 1 is 1.04 bits per heavy atom. The van der Waals surface area contributed by atoms with Crippen molar-refractivity contribution in [3.8, 4) is 0 Å². The van der Waals surface area contributed by atoms with Crippen molar-refractivity contribution < 1.29 is 14.3 Å². The molecule has 2 amide bonds. The van der Waals surface area contributed by atoms with Crippen LogP contribution in [0, 0.1) is 11.8 Å². The van der Waals surface area contributed by atoms with Crippen molar-refractivity contribution >= 4 is 23.6 Å². The molecule has 0 bridgehead atoms. The standard InChI is InChI=1S/C20H35ClN2O3/c1-14-12-23(19(25)26-20(2,3)4)13-17(14)22-18(24)15-8-5-6-10-16(21)11-7-9-15/h14-17H,5-13H2,1-4H3,(H,22,24)/t14-,15?,16?,17-/m0/s1. The summed E-state index contributed by atoms with van der Waals surface area (Å²) in [6.07, 6.45) is 6.78. The third kappa shape index (κ3) is 6.64. The maximum atomic E-state index is 12.8. The molecule has 0 spiro atoms. The zero-order valence-corrected chi connectivity index (χ0v) is 17.5. The summed E-state index contributed by atoms with van der Waals surface area (Å²) in [5.74, 6) is 0.440. The molecular formula is C20H35ClN2O3. The Labute approximate surface area is 163 Å². The number of amides is 2. The molecule has 1 aliphatic heterocycles. The van der Waals surface area contributed by atoms with Crippen LogP contribution in [0.15, 0.2) is 0 Å². The second kappa shape index (κ2) is 9.29. The van der Waals surface area contributed by atoms with E-state index in [2.05, 4.69) is 12.2 Å². The van der Waals surface area contributed by atoms with E-state index in [0.29, 0.717) is 13.1 Å². The lowest BCUT2D eigenvalue weighted by atomic mass is 9.95. The van der Waals surface area contributed by atoms with Crippen LogP contribution in [0.1, 0.15) is 72.6 Å². The van der Waals surface area contributed by atoms with Crippen molar-refractivity contribution in [3.63, 3.8) is 0 Å². The average Bonchev–Trinajstić information content (AvgIpc) is 2.92. The number of carbonyl (C=O) groups excluding carboxylic acids is 2. The molecule has 0 aromatic carbocycles. The molecule has 1 N–H and O–H groups in total. The highest BCUT2D eigenvalue weighted by molar-refractivity contribution is 6.20. The van der Waals surface area contributed by atoms with E-state index in [-0.39, 0.29) is 35.3 Å². The van der Waals surface area contributed by atoms with Crippen molar-refractivity contribution in [1.29, 1.82) is 0 Å². The summed E-state index contributed by atoms with van der Waals surface area (Å²) in [6.45, 7) is 8.83. The van der Waals surface area contributed by atoms with Gasteiger partial charge in [0, 0.05) is 24.4 Å². The Morgan fingerprint density at radius 2 is 1.65 bits per heavy atom. The smallest absolute Gasteiger partial charge is 0.410 e. The first-order valence-corrected chi connectivity index (χ1v) is 10.5. The second-order valence-corrected chi connectivity index (χ2v) is 9.60. The van der Waals surface area contributed by atoms with Crippen LogP contribution in [0.5, 0.6) is 0 Å². The first-order chi connectivity index (χ1) is 12.2. The Hall–Kier alpha value is -0.970. The van der Waals surface area contributed by atoms with Crippen LogP contribution in [0.3, 0.4) is 0 Å². The van der Waals surface area contributed by atoms with Gasteiger partial charge in [0.2, 0.25) is 5.91 Å². The van der Waals surface area contributed by atoms with Gasteiger partial charge in [-0.25, -0.2) is 4.79 Å². The zero-order valence-electron chi connectivity index (χ0n) is 16.7. The second-order valence-electron chi connectivity index (χ2n) is 8.99. The maximum Gasteiger partial charge on any atom is 0.410 e. The molecule has 4 atom stereocenters. The van der Waals surface area contributed by atoms with E-state index in [1.54, 1.807) is 4.90 Å². The Morgan fingerprint density at radius 3 is 2.35 bits per heavy atom. The van der Waals surface area contributed by atoms with Crippen molar-refractivity contribution in [1.82, 2.24) is 10.2 Å². The Balaban J connectivity index is 1.86. The van der Waals surface area contributed by atoms with Gasteiger partial charge in [0.25, 0.3) is 0 Å². The molecule has 6 heteroatoms. The molecule has 2 fully saturated rings. The highest BCUT2D eigenvalue weighted by Gasteiger charge is 2.36. The lowest BCUT2D eigenvalue weighted by Gasteiger charge is -2.24. The van der Waals surface area contributed by atoms with Gasteiger partial charge in [-0.05, 0) is 52.4 Å². The fourth-order valence-corrected chi connectivity index (χ4v) is 4.13. The lowest BCUT2D eigenvalue weighted by molar-refractivity contribution is -0.126. The van der Waals surface area contributed by atoms with E-state index in [4.69, 9.17) is 16.3 Å². The molecule has 1 saturated heterocycles. The topological polar surface area (TPSA) is 58.6 Å². The number of nitrogens with zero attached hydrogens (tertiary/aromatic N) is 1. The van der Waals surface area contributed by atoms with E-state index in [0.717, 1.165) is 44.9 Å². The lowest BCUT2D eigenvalue weighted by Crippen LogP contribution is -2.43. The molecule has 0 aromatic heterocycles. The van der Waals surface area contributed by atoms with Gasteiger partial charge in [-0.2, -0.15) is 0 Å². The van der Waals surface area contributed by atoms with Gasteiger partial charge in [-0.3, -0.25) is 4.79 Å². The van der Waals surface area contributed by atoms with Crippen LogP contribution in [-0.2, 0) is 9.53 Å². The highest BCUT2D eigenvalue weighted by atomic mass is 35.5. The number of halogens is 1. The van der Waals surface area contributed by atoms with E-state index in [9.17, 15) is 9.59 Å². The SMILES string of the molecule is C[C@H]1CN(C(=O)OC(C)(C)C)C[C@@H]1NC(=O)C1CCCCC(Cl)CCC1. The average molecular weight is 387 g/mol. The largest absolute Gasteiger partial charge is 0.444 e. The molecule has 2 rings (SSSR count). The van der Waals surface area contributed by atoms with Gasteiger partial charge in [-0.15, -0.1) is 11.6 Å². The fourth-order valence-electron chi connectivity index (χ4n) is 3.82. The summed E-state index contributed by atoms with van der Waals surface area (Å²) in [7, 11) is 0. The predicted octanol–water partition coefficient (Wildman–Crippen LogP) is 4.33. The minimum atomic E-state index is -0.501. The minimum absolute atomic E-state index is 0.00317. The van der Waals surface area contributed by atoms with Crippen LogP contribution in [-0.4, -0.2) is 47.0 Å². The first kappa shape index (κ1) is 21.3. The summed E-state index contributed by atoms with van der Waals surface area (Å²) in [4.78, 5) is 26.8. The molecule has 1 aliphatic carbocycles. The quantitative estimate of drug-likeness (QED) is 0.718. The number of rotatable bonds is 2. The van der Waals surface area contributed by atoms with E-state index < -0.39 is 5.60 Å². The minimum Gasteiger partial charge on any atom is -0.444 e. The molecule has 1 heterocycles. The monoisotopic (exact) mass is 386 g/mol. The molecule has 26 heavy (non-hydrogen) atoms. The molecule has 0 radical (unpaired) electrons. The number of hydrogen-bond acceptors (Lipinski definition) is 3. The van der Waals surface area contributed by atoms with Gasteiger partial charge in [-0.1, -0.05) is 26.2 Å². The van der Waals surface area contributed by atoms with Gasteiger partial charge in [0.15, 0.2) is 0 Å². The van der Waals surface area contributed by atoms with Gasteiger partial charge in [0.1, 0.15) is 5.60 Å². The molecule has 2 aliphatic rings. The van der Waals surface area contributed by atoms with Crippen LogP contribution in [0.25, 0.3) is 0 Å². The summed E-state index contributed by atoms with van der Waals surface area (Å²) >= 11 is 6.29. The molecule has 150 valence electrons. The summed E-state index contributed by atoms with van der Waals surface area (Å²) < 4.78 is 5.46. The predicted molar refractivity (Wildman–Crippen MR) is 104 cm³/mol. The number of carbonyl (C=O) groups is 2. The third-order valence-corrected chi connectivity index (χ3v) is 5.79. The molecule has 5 nitrogen and oxygen atoms in total. The summed E-state index contributed by atoms with van der Waals surface area (Å²) in [5.41, 5.74) is -0.501. The van der Waals surface area contributed by atoms with Crippen LogP contribution in [0.2, 0.25) is 0 Å². The summed E-state index contributed by atoms with van der Waals surface area (Å²) in [6, 6.07) is 0.00317. The number of nitrogens with one attached hydrogen (secondary N) is 1. The number of hydrogen-bond donors (Lipinski definition) is 1. The molecular weight excluding hydrogens is 352 g/mol. The van der Waals surface area contributed by atoms with Gasteiger partial charge >= 0.3 is 6.09 Å². The third-order valence-electron chi connectivity index (χ3n) is 5.35. The van der Waals surface area contributed by atoms with Gasteiger partial charge < -0.3 is 15.0 Å². The normalized spacial score (nSPS) is 30.9. The van der Waals surface area contributed by atoms with E-state index in [1.807, 2.05) is 20.8 Å². The zero-order chi connectivity index (χ0) is 19.3. The van der Waals surface area contributed by atoms with E-state index >= 15 is 0 Å². The van der Waals surface area contributed by atoms with E-state index in [1.165, 1.54) is 0 Å². The van der Waals surface area contributed by atoms with Crippen LogP contribution in [0.4, 0.5) is 4.79 Å². The van der Waals surface area contributed by atoms with Crippen molar-refractivity contribution in [2.24, 2.45) is 11.8 Å². The van der Waals surface area contributed by atoms with Crippen LogP contribution < -0.4 is 5.32 Å². The van der Waals surface area contributed by atoms with Crippen molar-refractivity contribution in [2.75, 3.05) is 13.1 Å². The van der Waals surface area contributed by atoms with Crippen molar-refractivity contribution in [3.05, 3.63) is 0 Å².